The summed E-state index contributed by atoms with van der Waals surface area (Å²) in [6.45, 7) is 1.32. The van der Waals surface area contributed by atoms with Crippen LogP contribution in [0.5, 0.6) is 0 Å². The van der Waals surface area contributed by atoms with Gasteiger partial charge in [0.2, 0.25) is 0 Å². The molecular formula is C15H18N2O3S. The van der Waals surface area contributed by atoms with Crippen molar-refractivity contribution in [1.29, 1.82) is 5.26 Å². The Bertz CT molecular complexity index is 551. The second kappa shape index (κ2) is 9.95. The zero-order chi connectivity index (χ0) is 15.5. The molecule has 1 heterocycles. The highest BCUT2D eigenvalue weighted by atomic mass is 32.1. The lowest BCUT2D eigenvalue weighted by atomic mass is 10.3. The van der Waals surface area contributed by atoms with Crippen LogP contribution in [0.25, 0.3) is 0 Å². The molecule has 1 aromatic heterocycles. The van der Waals surface area contributed by atoms with E-state index in [1.165, 1.54) is 11.3 Å². The molecule has 0 radical (unpaired) electrons. The van der Waals surface area contributed by atoms with Crippen LogP contribution in [0.4, 0.5) is 0 Å². The number of ether oxygens (including phenoxy) is 1. The van der Waals surface area contributed by atoms with Crippen molar-refractivity contribution in [3.05, 3.63) is 21.9 Å². The third-order valence-corrected chi connectivity index (χ3v) is 3.60. The number of rotatable bonds is 7. The Balaban J connectivity index is 2.74. The lowest BCUT2D eigenvalue weighted by molar-refractivity contribution is 0.0704. The number of amides is 1. The number of hydrogen-bond donors (Lipinski definition) is 1. The fraction of sp³-hybridized carbons (Fsp3) is 0.467. The van der Waals surface area contributed by atoms with Gasteiger partial charge in [-0.25, -0.2) is 0 Å². The quantitative estimate of drug-likeness (QED) is 0.775. The molecule has 1 rings (SSSR count). The van der Waals surface area contributed by atoms with Gasteiger partial charge in [0.1, 0.15) is 0 Å². The van der Waals surface area contributed by atoms with E-state index in [0.717, 1.165) is 4.88 Å². The van der Waals surface area contributed by atoms with Crippen molar-refractivity contribution in [2.75, 3.05) is 33.4 Å². The summed E-state index contributed by atoms with van der Waals surface area (Å²) >= 11 is 1.32. The topological polar surface area (TPSA) is 73.6 Å². The number of nitriles is 1. The van der Waals surface area contributed by atoms with Crippen LogP contribution in [0.15, 0.2) is 12.1 Å². The number of carbonyl (C=O) groups is 1. The van der Waals surface area contributed by atoms with Gasteiger partial charge < -0.3 is 14.7 Å². The first-order valence-corrected chi connectivity index (χ1v) is 7.39. The minimum atomic E-state index is -0.109. The van der Waals surface area contributed by atoms with E-state index in [1.807, 2.05) is 6.07 Å². The predicted molar refractivity (Wildman–Crippen MR) is 80.9 cm³/mol. The molecule has 112 valence electrons. The summed E-state index contributed by atoms with van der Waals surface area (Å²) in [7, 11) is 1.58. The second-order valence-electron chi connectivity index (χ2n) is 4.13. The average molecular weight is 306 g/mol. The molecule has 0 spiro atoms. The molecule has 0 unspecified atom stereocenters. The summed E-state index contributed by atoms with van der Waals surface area (Å²) < 4.78 is 4.99. The SMILES string of the molecule is COCCN(CCC#N)C(=O)c1ccc(C#CCCO)s1. The van der Waals surface area contributed by atoms with Gasteiger partial charge in [-0.2, -0.15) is 5.26 Å². The first kappa shape index (κ1) is 17.2. The molecule has 1 aromatic rings. The lowest BCUT2D eigenvalue weighted by Crippen LogP contribution is -2.34. The Morgan fingerprint density at radius 2 is 2.24 bits per heavy atom. The normalized spacial score (nSPS) is 9.57. The van der Waals surface area contributed by atoms with Crippen LogP contribution < -0.4 is 0 Å². The van der Waals surface area contributed by atoms with E-state index in [0.29, 0.717) is 37.4 Å². The van der Waals surface area contributed by atoms with Gasteiger partial charge in [-0.15, -0.1) is 11.3 Å². The van der Waals surface area contributed by atoms with E-state index < -0.39 is 0 Å². The molecule has 0 aliphatic heterocycles. The van der Waals surface area contributed by atoms with Gasteiger partial charge in [-0.05, 0) is 12.1 Å². The summed E-state index contributed by atoms with van der Waals surface area (Å²) in [5.41, 5.74) is 0. The molecule has 0 fully saturated rings. The zero-order valence-electron chi connectivity index (χ0n) is 12.0. The number of thiophene rings is 1. The molecule has 0 aromatic carbocycles. The maximum absolute atomic E-state index is 12.4. The van der Waals surface area contributed by atoms with Gasteiger partial charge in [-0.1, -0.05) is 11.8 Å². The van der Waals surface area contributed by atoms with Crippen LogP contribution in [-0.4, -0.2) is 49.3 Å². The third-order valence-electron chi connectivity index (χ3n) is 2.61. The predicted octanol–water partition coefficient (Wildman–Crippen LogP) is 1.48. The highest BCUT2D eigenvalue weighted by Crippen LogP contribution is 2.17. The van der Waals surface area contributed by atoms with Crippen LogP contribution in [0.1, 0.15) is 27.4 Å². The van der Waals surface area contributed by atoms with Crippen molar-refractivity contribution in [1.82, 2.24) is 4.90 Å². The molecule has 1 N–H and O–H groups in total. The summed E-state index contributed by atoms with van der Waals surface area (Å²) in [4.78, 5) is 15.4. The Labute approximate surface area is 128 Å². The highest BCUT2D eigenvalue weighted by Gasteiger charge is 2.17. The van der Waals surface area contributed by atoms with Crippen molar-refractivity contribution < 1.29 is 14.6 Å². The summed E-state index contributed by atoms with van der Waals surface area (Å²) in [5.74, 6) is 5.62. The first-order chi connectivity index (χ1) is 10.2. The minimum Gasteiger partial charge on any atom is -0.395 e. The first-order valence-electron chi connectivity index (χ1n) is 6.57. The zero-order valence-corrected chi connectivity index (χ0v) is 12.8. The highest BCUT2D eigenvalue weighted by molar-refractivity contribution is 7.14. The smallest absolute Gasteiger partial charge is 0.264 e. The van der Waals surface area contributed by atoms with Gasteiger partial charge in [0.15, 0.2) is 0 Å². The van der Waals surface area contributed by atoms with E-state index in [4.69, 9.17) is 15.1 Å². The van der Waals surface area contributed by atoms with E-state index in [9.17, 15) is 4.79 Å². The van der Waals surface area contributed by atoms with E-state index in [2.05, 4.69) is 11.8 Å². The average Bonchev–Trinajstić information content (AvgIpc) is 2.96. The van der Waals surface area contributed by atoms with Crippen molar-refractivity contribution in [2.45, 2.75) is 12.8 Å². The monoisotopic (exact) mass is 306 g/mol. The van der Waals surface area contributed by atoms with Crippen molar-refractivity contribution >= 4 is 17.2 Å². The van der Waals surface area contributed by atoms with Gasteiger partial charge in [0.05, 0.1) is 35.5 Å². The fourth-order valence-corrected chi connectivity index (χ4v) is 2.43. The number of hydrogen-bond acceptors (Lipinski definition) is 5. The Hall–Kier alpha value is -1.86. The van der Waals surface area contributed by atoms with E-state index >= 15 is 0 Å². The number of aliphatic hydroxyl groups is 1. The van der Waals surface area contributed by atoms with Crippen LogP contribution in [0.3, 0.4) is 0 Å². The molecule has 0 bridgehead atoms. The van der Waals surface area contributed by atoms with Crippen molar-refractivity contribution in [3.63, 3.8) is 0 Å². The standard InChI is InChI=1S/C15H18N2O3S/c1-20-12-10-17(9-4-8-16)15(19)14-7-6-13(21-14)5-2-3-11-18/h6-7,18H,3-4,9-12H2,1H3. The van der Waals surface area contributed by atoms with Gasteiger partial charge >= 0.3 is 0 Å². The van der Waals surface area contributed by atoms with E-state index in [-0.39, 0.29) is 12.5 Å². The minimum absolute atomic E-state index is 0.0309. The third kappa shape index (κ3) is 5.97. The van der Waals surface area contributed by atoms with Gasteiger partial charge in [-0.3, -0.25) is 4.79 Å². The molecule has 21 heavy (non-hydrogen) atoms. The summed E-state index contributed by atoms with van der Waals surface area (Å²) in [6, 6.07) is 5.57. The van der Waals surface area contributed by atoms with Crippen LogP contribution >= 0.6 is 11.3 Å². The van der Waals surface area contributed by atoms with Crippen LogP contribution in [0, 0.1) is 23.2 Å². The molecule has 0 saturated carbocycles. The molecule has 5 nitrogen and oxygen atoms in total. The summed E-state index contributed by atoms with van der Waals surface area (Å²) in [5, 5.41) is 17.3. The van der Waals surface area contributed by atoms with E-state index in [1.54, 1.807) is 24.1 Å². The maximum atomic E-state index is 12.4. The van der Waals surface area contributed by atoms with Gasteiger partial charge in [0.25, 0.3) is 5.91 Å². The fourth-order valence-electron chi connectivity index (χ4n) is 1.58. The largest absolute Gasteiger partial charge is 0.395 e. The molecule has 1 amide bonds. The molecule has 6 heteroatoms. The number of methoxy groups -OCH3 is 1. The van der Waals surface area contributed by atoms with Crippen molar-refractivity contribution in [2.24, 2.45) is 0 Å². The van der Waals surface area contributed by atoms with Gasteiger partial charge in [0, 0.05) is 26.6 Å². The molecule has 0 atom stereocenters. The Morgan fingerprint density at radius 3 is 2.90 bits per heavy atom. The Morgan fingerprint density at radius 1 is 1.43 bits per heavy atom. The lowest BCUT2D eigenvalue weighted by Gasteiger charge is -2.20. The van der Waals surface area contributed by atoms with Crippen LogP contribution in [0.2, 0.25) is 0 Å². The second-order valence-corrected chi connectivity index (χ2v) is 5.22. The number of carbonyl (C=O) groups excluding carboxylic acids is 1. The Kier molecular flexibility index (Phi) is 8.15. The molecule has 0 saturated heterocycles. The molecular weight excluding hydrogens is 288 g/mol. The van der Waals surface area contributed by atoms with Crippen molar-refractivity contribution in [3.8, 4) is 17.9 Å². The molecule has 0 aliphatic carbocycles. The maximum Gasteiger partial charge on any atom is 0.264 e. The van der Waals surface area contributed by atoms with Crippen LogP contribution in [-0.2, 0) is 4.74 Å². The number of aliphatic hydroxyl groups excluding tert-OH is 1. The summed E-state index contributed by atoms with van der Waals surface area (Å²) in [6.07, 6.45) is 0.716. The number of nitrogens with zero attached hydrogens (tertiary/aromatic N) is 2. The molecule has 0 aliphatic rings.